The van der Waals surface area contributed by atoms with E-state index in [-0.39, 0.29) is 0 Å². The second-order valence-electron chi connectivity index (χ2n) is 5.05. The summed E-state index contributed by atoms with van der Waals surface area (Å²) < 4.78 is 0. The molecule has 2 unspecified atom stereocenters. The van der Waals surface area contributed by atoms with Gasteiger partial charge in [0.05, 0.1) is 0 Å². The first-order valence-electron chi connectivity index (χ1n) is 6.51. The van der Waals surface area contributed by atoms with Gasteiger partial charge in [-0.15, -0.1) is 0 Å². The summed E-state index contributed by atoms with van der Waals surface area (Å²) in [5.74, 6) is 3.48. The first-order valence-corrected chi connectivity index (χ1v) is 6.51. The minimum Gasteiger partial charge on any atom is -0.370 e. The minimum atomic E-state index is 0.747. The standard InChI is InChI=1S/C13H22N4/c1-4-5-14-12-6-13(16-9-15-12)17-7-10(2)11(3)8-17/h6,9-11H,4-5,7-8H2,1-3H3,(H,14,15,16). The Balaban J connectivity index is 2.06. The van der Waals surface area contributed by atoms with E-state index in [0.717, 1.165) is 49.5 Å². The lowest BCUT2D eigenvalue weighted by atomic mass is 10.0. The van der Waals surface area contributed by atoms with Gasteiger partial charge in [-0.2, -0.15) is 0 Å². The van der Waals surface area contributed by atoms with Crippen molar-refractivity contribution in [2.45, 2.75) is 27.2 Å². The van der Waals surface area contributed by atoms with Crippen LogP contribution in [0.2, 0.25) is 0 Å². The van der Waals surface area contributed by atoms with E-state index in [1.54, 1.807) is 6.33 Å². The van der Waals surface area contributed by atoms with Crippen molar-refractivity contribution in [1.82, 2.24) is 9.97 Å². The van der Waals surface area contributed by atoms with Crippen molar-refractivity contribution in [3.05, 3.63) is 12.4 Å². The second-order valence-corrected chi connectivity index (χ2v) is 5.05. The van der Waals surface area contributed by atoms with Gasteiger partial charge in [-0.3, -0.25) is 0 Å². The molecule has 2 atom stereocenters. The summed E-state index contributed by atoms with van der Waals surface area (Å²) in [6, 6.07) is 2.06. The van der Waals surface area contributed by atoms with Crippen LogP contribution in [0.3, 0.4) is 0 Å². The first kappa shape index (κ1) is 12.1. The molecule has 0 aliphatic carbocycles. The molecule has 1 fully saturated rings. The van der Waals surface area contributed by atoms with Crippen molar-refractivity contribution in [2.75, 3.05) is 29.9 Å². The quantitative estimate of drug-likeness (QED) is 0.868. The van der Waals surface area contributed by atoms with Gasteiger partial charge in [0.1, 0.15) is 18.0 Å². The number of nitrogens with zero attached hydrogens (tertiary/aromatic N) is 3. The highest BCUT2D eigenvalue weighted by molar-refractivity contribution is 5.49. The zero-order valence-corrected chi connectivity index (χ0v) is 11.0. The van der Waals surface area contributed by atoms with E-state index in [0.29, 0.717) is 0 Å². The topological polar surface area (TPSA) is 41.0 Å². The summed E-state index contributed by atoms with van der Waals surface area (Å²) in [4.78, 5) is 11.0. The molecule has 1 aliphatic heterocycles. The highest BCUT2D eigenvalue weighted by Gasteiger charge is 2.26. The zero-order valence-electron chi connectivity index (χ0n) is 11.0. The third kappa shape index (κ3) is 2.87. The first-order chi connectivity index (χ1) is 8.20. The molecule has 0 amide bonds. The van der Waals surface area contributed by atoms with Crippen molar-refractivity contribution in [3.63, 3.8) is 0 Å². The van der Waals surface area contributed by atoms with Gasteiger partial charge in [-0.05, 0) is 18.3 Å². The molecule has 0 spiro atoms. The predicted molar refractivity (Wildman–Crippen MR) is 71.4 cm³/mol. The predicted octanol–water partition coefficient (Wildman–Crippen LogP) is 2.39. The van der Waals surface area contributed by atoms with Crippen molar-refractivity contribution < 1.29 is 0 Å². The monoisotopic (exact) mass is 234 g/mol. The molecule has 2 heterocycles. The molecule has 1 saturated heterocycles. The fourth-order valence-electron chi connectivity index (χ4n) is 2.19. The van der Waals surface area contributed by atoms with Crippen molar-refractivity contribution in [1.29, 1.82) is 0 Å². The van der Waals surface area contributed by atoms with Crippen LogP contribution in [-0.4, -0.2) is 29.6 Å². The van der Waals surface area contributed by atoms with Crippen molar-refractivity contribution in [3.8, 4) is 0 Å². The number of hydrogen-bond donors (Lipinski definition) is 1. The Kier molecular flexibility index (Phi) is 3.82. The summed E-state index contributed by atoms with van der Waals surface area (Å²) >= 11 is 0. The van der Waals surface area contributed by atoms with Gasteiger partial charge in [-0.25, -0.2) is 9.97 Å². The molecule has 94 valence electrons. The lowest BCUT2D eigenvalue weighted by Gasteiger charge is -2.17. The Morgan fingerprint density at radius 3 is 2.65 bits per heavy atom. The maximum atomic E-state index is 4.37. The number of rotatable bonds is 4. The molecule has 0 saturated carbocycles. The van der Waals surface area contributed by atoms with Crippen molar-refractivity contribution >= 4 is 11.6 Å². The summed E-state index contributed by atoms with van der Waals surface area (Å²) in [6.07, 6.45) is 2.76. The summed E-state index contributed by atoms with van der Waals surface area (Å²) in [7, 11) is 0. The van der Waals surface area contributed by atoms with Crippen LogP contribution in [0.1, 0.15) is 27.2 Å². The molecule has 1 N–H and O–H groups in total. The van der Waals surface area contributed by atoms with Crippen molar-refractivity contribution in [2.24, 2.45) is 11.8 Å². The van der Waals surface area contributed by atoms with E-state index in [9.17, 15) is 0 Å². The van der Waals surface area contributed by atoms with Gasteiger partial charge < -0.3 is 10.2 Å². The van der Waals surface area contributed by atoms with Crippen LogP contribution in [0.5, 0.6) is 0 Å². The number of aromatic nitrogens is 2. The maximum Gasteiger partial charge on any atom is 0.134 e. The van der Waals surface area contributed by atoms with Crippen LogP contribution in [0, 0.1) is 11.8 Å². The van der Waals surface area contributed by atoms with Crippen LogP contribution in [0.15, 0.2) is 12.4 Å². The Morgan fingerprint density at radius 2 is 2.00 bits per heavy atom. The Bertz CT molecular complexity index is 356. The molecule has 1 aliphatic rings. The SMILES string of the molecule is CCCNc1cc(N2CC(C)C(C)C2)ncn1. The molecule has 1 aromatic heterocycles. The van der Waals surface area contributed by atoms with E-state index >= 15 is 0 Å². The minimum absolute atomic E-state index is 0.747. The van der Waals surface area contributed by atoms with Gasteiger partial charge >= 0.3 is 0 Å². The Morgan fingerprint density at radius 1 is 1.29 bits per heavy atom. The molecule has 0 bridgehead atoms. The number of nitrogens with one attached hydrogen (secondary N) is 1. The van der Waals surface area contributed by atoms with Gasteiger partial charge in [0.2, 0.25) is 0 Å². The van der Waals surface area contributed by atoms with Crippen LogP contribution in [-0.2, 0) is 0 Å². The maximum absolute atomic E-state index is 4.37. The van der Waals surface area contributed by atoms with E-state index in [1.807, 2.05) is 0 Å². The fraction of sp³-hybridized carbons (Fsp3) is 0.692. The van der Waals surface area contributed by atoms with Crippen LogP contribution in [0.25, 0.3) is 0 Å². The average Bonchev–Trinajstić information content (AvgIpc) is 2.68. The molecule has 4 nitrogen and oxygen atoms in total. The van der Waals surface area contributed by atoms with Crippen LogP contribution in [0.4, 0.5) is 11.6 Å². The van der Waals surface area contributed by atoms with Gasteiger partial charge in [-0.1, -0.05) is 20.8 Å². The average molecular weight is 234 g/mol. The third-order valence-corrected chi connectivity index (χ3v) is 3.52. The van der Waals surface area contributed by atoms with Gasteiger partial charge in [0.15, 0.2) is 0 Å². The van der Waals surface area contributed by atoms with E-state index in [2.05, 4.69) is 47.0 Å². The summed E-state index contributed by atoms with van der Waals surface area (Å²) in [5.41, 5.74) is 0. The summed E-state index contributed by atoms with van der Waals surface area (Å²) in [6.45, 7) is 9.93. The normalized spacial score (nSPS) is 24.1. The third-order valence-electron chi connectivity index (χ3n) is 3.52. The number of hydrogen-bond acceptors (Lipinski definition) is 4. The smallest absolute Gasteiger partial charge is 0.134 e. The molecule has 0 radical (unpaired) electrons. The Labute approximate surface area is 103 Å². The summed E-state index contributed by atoms with van der Waals surface area (Å²) in [5, 5.41) is 3.30. The van der Waals surface area contributed by atoms with Gasteiger partial charge in [0.25, 0.3) is 0 Å². The lowest BCUT2D eigenvalue weighted by Crippen LogP contribution is -2.21. The molecular formula is C13H22N4. The largest absolute Gasteiger partial charge is 0.370 e. The van der Waals surface area contributed by atoms with Crippen LogP contribution >= 0.6 is 0 Å². The lowest BCUT2D eigenvalue weighted by molar-refractivity contribution is 0.494. The van der Waals surface area contributed by atoms with E-state index in [1.165, 1.54) is 0 Å². The highest BCUT2D eigenvalue weighted by Crippen LogP contribution is 2.26. The van der Waals surface area contributed by atoms with E-state index in [4.69, 9.17) is 0 Å². The van der Waals surface area contributed by atoms with E-state index < -0.39 is 0 Å². The Hall–Kier alpha value is -1.32. The molecular weight excluding hydrogens is 212 g/mol. The molecule has 17 heavy (non-hydrogen) atoms. The number of anilines is 2. The fourth-order valence-corrected chi connectivity index (χ4v) is 2.19. The molecule has 4 heteroatoms. The molecule has 1 aromatic rings. The van der Waals surface area contributed by atoms with Crippen LogP contribution < -0.4 is 10.2 Å². The molecule has 0 aromatic carbocycles. The molecule has 2 rings (SSSR count). The zero-order chi connectivity index (χ0) is 12.3. The van der Waals surface area contributed by atoms with Gasteiger partial charge in [0, 0.05) is 25.7 Å². The highest BCUT2D eigenvalue weighted by atomic mass is 15.2. The second kappa shape index (κ2) is 5.34.